The van der Waals surface area contributed by atoms with Crippen molar-refractivity contribution in [2.24, 2.45) is 5.92 Å². The molecule has 0 radical (unpaired) electrons. The third-order valence-corrected chi connectivity index (χ3v) is 4.98. The lowest BCUT2D eigenvalue weighted by molar-refractivity contribution is -0.386. The number of hydrogen-bond acceptors (Lipinski definition) is 6. The number of pyridine rings is 1. The first kappa shape index (κ1) is 19.5. The van der Waals surface area contributed by atoms with Crippen molar-refractivity contribution in [1.29, 1.82) is 0 Å². The topological polar surface area (TPSA) is 123 Å². The van der Waals surface area contributed by atoms with Crippen molar-refractivity contribution < 1.29 is 14.5 Å². The molecule has 0 bridgehead atoms. The highest BCUT2D eigenvalue weighted by atomic mass is 16.6. The molecule has 0 spiro atoms. The maximum absolute atomic E-state index is 12.6. The molecule has 0 saturated carbocycles. The molecule has 0 aromatic carbocycles. The minimum atomic E-state index is -0.481. The Bertz CT molecular complexity index is 887. The van der Waals surface area contributed by atoms with Crippen LogP contribution in [0, 0.1) is 29.9 Å². The van der Waals surface area contributed by atoms with Crippen molar-refractivity contribution in [1.82, 2.24) is 19.7 Å². The van der Waals surface area contributed by atoms with Crippen LogP contribution < -0.4 is 5.32 Å². The molecule has 10 nitrogen and oxygen atoms in total. The molecule has 10 heteroatoms. The molecule has 3 heterocycles. The minimum Gasteiger partial charge on any atom is -0.341 e. The Hall–Kier alpha value is -3.30. The lowest BCUT2D eigenvalue weighted by Gasteiger charge is -2.31. The van der Waals surface area contributed by atoms with Gasteiger partial charge in [-0.05, 0) is 38.8 Å². The molecule has 1 saturated heterocycles. The van der Waals surface area contributed by atoms with Gasteiger partial charge >= 0.3 is 5.69 Å². The zero-order valence-corrected chi connectivity index (χ0v) is 15.8. The Morgan fingerprint density at radius 3 is 2.46 bits per heavy atom. The molecule has 2 amide bonds. The van der Waals surface area contributed by atoms with Gasteiger partial charge in [0.1, 0.15) is 17.9 Å². The number of carbonyl (C=O) groups excluding carboxylic acids is 2. The Kier molecular flexibility index (Phi) is 5.67. The number of aryl methyl sites for hydroxylation is 1. The second-order valence-corrected chi connectivity index (χ2v) is 6.81. The van der Waals surface area contributed by atoms with E-state index in [4.69, 9.17) is 0 Å². The van der Waals surface area contributed by atoms with E-state index in [2.05, 4.69) is 15.4 Å². The zero-order valence-electron chi connectivity index (χ0n) is 15.8. The summed E-state index contributed by atoms with van der Waals surface area (Å²) < 4.78 is 1.37. The maximum atomic E-state index is 12.6. The van der Waals surface area contributed by atoms with Gasteiger partial charge in [-0.15, -0.1) is 0 Å². The summed E-state index contributed by atoms with van der Waals surface area (Å²) in [5, 5.41) is 18.1. The van der Waals surface area contributed by atoms with Crippen LogP contribution in [0.3, 0.4) is 0 Å². The molecule has 1 aliphatic rings. The van der Waals surface area contributed by atoms with Gasteiger partial charge in [0.15, 0.2) is 0 Å². The Morgan fingerprint density at radius 2 is 1.89 bits per heavy atom. The second kappa shape index (κ2) is 8.15. The lowest BCUT2D eigenvalue weighted by atomic mass is 9.95. The van der Waals surface area contributed by atoms with E-state index in [-0.39, 0.29) is 30.0 Å². The highest BCUT2D eigenvalue weighted by molar-refractivity contribution is 5.92. The van der Waals surface area contributed by atoms with Gasteiger partial charge in [0.25, 0.3) is 0 Å². The predicted molar refractivity (Wildman–Crippen MR) is 101 cm³/mol. The molecule has 0 unspecified atom stereocenters. The average Bonchev–Trinajstić information content (AvgIpc) is 2.96. The first-order valence-electron chi connectivity index (χ1n) is 9.04. The summed E-state index contributed by atoms with van der Waals surface area (Å²) in [5.41, 5.74) is 1.30. The summed E-state index contributed by atoms with van der Waals surface area (Å²) in [7, 11) is 0. The smallest absolute Gasteiger partial charge is 0.312 e. The lowest BCUT2D eigenvalue weighted by Crippen LogP contribution is -2.43. The Labute approximate surface area is 161 Å². The number of aromatic nitrogens is 3. The number of nitrogens with one attached hydrogen (secondary N) is 1. The second-order valence-electron chi connectivity index (χ2n) is 6.81. The zero-order chi connectivity index (χ0) is 20.3. The van der Waals surface area contributed by atoms with Crippen molar-refractivity contribution in [3.63, 3.8) is 0 Å². The summed E-state index contributed by atoms with van der Waals surface area (Å²) >= 11 is 0. The van der Waals surface area contributed by atoms with Crippen LogP contribution in [0.2, 0.25) is 0 Å². The van der Waals surface area contributed by atoms with Crippen LogP contribution in [0.25, 0.3) is 0 Å². The van der Waals surface area contributed by atoms with E-state index in [0.717, 1.165) is 0 Å². The van der Waals surface area contributed by atoms with E-state index >= 15 is 0 Å². The highest BCUT2D eigenvalue weighted by Crippen LogP contribution is 2.23. The largest absolute Gasteiger partial charge is 0.341 e. The van der Waals surface area contributed by atoms with Crippen LogP contribution in [0.5, 0.6) is 0 Å². The highest BCUT2D eigenvalue weighted by Gasteiger charge is 2.29. The number of carbonyl (C=O) groups is 2. The molecule has 1 aliphatic heterocycles. The number of nitro groups is 1. The Morgan fingerprint density at radius 1 is 1.25 bits per heavy atom. The van der Waals surface area contributed by atoms with E-state index in [9.17, 15) is 19.7 Å². The molecule has 2 aromatic heterocycles. The third kappa shape index (κ3) is 4.16. The average molecular weight is 386 g/mol. The Balaban J connectivity index is 1.55. The normalized spacial score (nSPS) is 14.7. The fourth-order valence-electron chi connectivity index (χ4n) is 3.40. The van der Waals surface area contributed by atoms with Crippen LogP contribution in [0.15, 0.2) is 24.5 Å². The van der Waals surface area contributed by atoms with Crippen LogP contribution in [0.1, 0.15) is 24.2 Å². The molecule has 2 aromatic rings. The third-order valence-electron chi connectivity index (χ3n) is 4.98. The fourth-order valence-corrected chi connectivity index (χ4v) is 3.40. The van der Waals surface area contributed by atoms with Crippen LogP contribution in [-0.4, -0.2) is 49.5 Å². The van der Waals surface area contributed by atoms with Gasteiger partial charge < -0.3 is 10.2 Å². The van der Waals surface area contributed by atoms with E-state index in [1.807, 2.05) is 0 Å². The molecular formula is C18H22N6O4. The molecule has 28 heavy (non-hydrogen) atoms. The minimum absolute atomic E-state index is 0.0472. The quantitative estimate of drug-likeness (QED) is 0.616. The SMILES string of the molecule is Cc1nn(CC(=O)N2CCC(C(=O)Nc3ccncc3)CC2)c(C)c1[N+](=O)[O-]. The number of likely N-dealkylation sites (tertiary alicyclic amines) is 1. The van der Waals surface area contributed by atoms with E-state index in [1.54, 1.807) is 43.3 Å². The monoisotopic (exact) mass is 386 g/mol. The molecule has 0 atom stereocenters. The van der Waals surface area contributed by atoms with Crippen LogP contribution >= 0.6 is 0 Å². The maximum Gasteiger partial charge on any atom is 0.312 e. The molecule has 3 rings (SSSR count). The van der Waals surface area contributed by atoms with Gasteiger partial charge in [-0.25, -0.2) is 0 Å². The first-order valence-corrected chi connectivity index (χ1v) is 9.04. The van der Waals surface area contributed by atoms with Crippen LogP contribution in [0.4, 0.5) is 11.4 Å². The van der Waals surface area contributed by atoms with Crippen molar-refractivity contribution in [3.05, 3.63) is 46.0 Å². The summed E-state index contributed by atoms with van der Waals surface area (Å²) in [4.78, 5) is 41.1. The van der Waals surface area contributed by atoms with Crippen molar-refractivity contribution in [3.8, 4) is 0 Å². The number of nitrogens with zero attached hydrogens (tertiary/aromatic N) is 5. The summed E-state index contributed by atoms with van der Waals surface area (Å²) in [6.07, 6.45) is 4.36. The van der Waals surface area contributed by atoms with Gasteiger partial charge in [-0.2, -0.15) is 5.10 Å². The van der Waals surface area contributed by atoms with Crippen molar-refractivity contribution in [2.75, 3.05) is 18.4 Å². The molecule has 1 N–H and O–H groups in total. The van der Waals surface area contributed by atoms with Gasteiger partial charge in [0.05, 0.1) is 4.92 Å². The molecule has 0 aliphatic carbocycles. The first-order chi connectivity index (χ1) is 13.4. The summed E-state index contributed by atoms with van der Waals surface area (Å²) in [6, 6.07) is 3.45. The fraction of sp³-hybridized carbons (Fsp3) is 0.444. The summed E-state index contributed by atoms with van der Waals surface area (Å²) in [5.74, 6) is -0.382. The van der Waals surface area contributed by atoms with E-state index in [1.165, 1.54) is 4.68 Å². The van der Waals surface area contributed by atoms with E-state index in [0.29, 0.717) is 43.0 Å². The van der Waals surface area contributed by atoms with Gasteiger partial charge in [-0.3, -0.25) is 29.4 Å². The standard InChI is InChI=1S/C18H22N6O4/c1-12-17(24(27)28)13(2)23(21-12)11-16(25)22-9-5-14(6-10-22)18(26)20-15-3-7-19-8-4-15/h3-4,7-8,14H,5-6,9-11H2,1-2H3,(H,19,20,26). The van der Waals surface area contributed by atoms with Crippen LogP contribution in [-0.2, 0) is 16.1 Å². The van der Waals surface area contributed by atoms with Gasteiger partial charge in [-0.1, -0.05) is 0 Å². The van der Waals surface area contributed by atoms with Gasteiger partial charge in [0, 0.05) is 37.1 Å². The molecule has 1 fully saturated rings. The number of anilines is 1. The number of hydrogen-bond donors (Lipinski definition) is 1. The van der Waals surface area contributed by atoms with E-state index < -0.39 is 4.92 Å². The van der Waals surface area contributed by atoms with Crippen molar-refractivity contribution >= 4 is 23.2 Å². The van der Waals surface area contributed by atoms with Crippen molar-refractivity contribution in [2.45, 2.75) is 33.2 Å². The number of rotatable bonds is 5. The molecular weight excluding hydrogens is 364 g/mol. The summed E-state index contributed by atoms with van der Waals surface area (Å²) in [6.45, 7) is 4.03. The number of piperidine rings is 1. The van der Waals surface area contributed by atoms with Gasteiger partial charge in [0.2, 0.25) is 11.8 Å². The number of amides is 2. The predicted octanol–water partition coefficient (Wildman–Crippen LogP) is 1.68. The molecule has 148 valence electrons.